The highest BCUT2D eigenvalue weighted by Crippen LogP contribution is 2.12. The van der Waals surface area contributed by atoms with Crippen molar-refractivity contribution in [2.75, 3.05) is 46.2 Å². The highest BCUT2D eigenvalue weighted by atomic mass is 16.5. The van der Waals surface area contributed by atoms with Gasteiger partial charge in [0.15, 0.2) is 0 Å². The van der Waals surface area contributed by atoms with Crippen LogP contribution in [-0.4, -0.2) is 88.4 Å². The maximum atomic E-state index is 11.5. The predicted molar refractivity (Wildman–Crippen MR) is 115 cm³/mol. The van der Waals surface area contributed by atoms with Crippen LogP contribution < -0.4 is 5.73 Å². The van der Waals surface area contributed by atoms with Gasteiger partial charge in [-0.05, 0) is 6.42 Å². The number of unbranched alkanes of at least 4 members (excludes halogenated alkanes) is 8. The van der Waals surface area contributed by atoms with Gasteiger partial charge in [0, 0.05) is 6.42 Å². The summed E-state index contributed by atoms with van der Waals surface area (Å²) in [6.45, 7) is -0.366. The lowest BCUT2D eigenvalue weighted by Crippen LogP contribution is -2.51. The third-order valence-electron chi connectivity index (χ3n) is 4.98. The van der Waals surface area contributed by atoms with Crippen LogP contribution in [0.4, 0.5) is 0 Å². The fraction of sp³-hybridized carbons (Fsp3) is 0.952. The van der Waals surface area contributed by atoms with Gasteiger partial charge >= 0.3 is 5.97 Å². The lowest BCUT2D eigenvalue weighted by Gasteiger charge is -2.23. The molecule has 0 bridgehead atoms. The van der Waals surface area contributed by atoms with Crippen molar-refractivity contribution in [1.29, 1.82) is 0 Å². The van der Waals surface area contributed by atoms with E-state index in [4.69, 9.17) is 41.1 Å². The zero-order chi connectivity index (χ0) is 23.3. The molecule has 0 aliphatic heterocycles. The highest BCUT2D eigenvalue weighted by Gasteiger charge is 2.26. The average molecular weight is 440 g/mol. The monoisotopic (exact) mass is 439 g/mol. The van der Waals surface area contributed by atoms with E-state index in [2.05, 4.69) is 6.92 Å². The first kappa shape index (κ1) is 31.4. The van der Waals surface area contributed by atoms with Gasteiger partial charge in [-0.1, -0.05) is 58.3 Å². The molecule has 9 heteroatoms. The lowest BCUT2D eigenvalue weighted by atomic mass is 9.93. The van der Waals surface area contributed by atoms with Crippen LogP contribution in [0.3, 0.4) is 0 Å². The van der Waals surface area contributed by atoms with Crippen molar-refractivity contribution in [1.82, 2.24) is 0 Å². The number of aliphatic hydroxyl groups excluding tert-OH is 6. The minimum absolute atomic E-state index is 0.143. The molecule has 0 radical (unpaired) electrons. The van der Waals surface area contributed by atoms with Gasteiger partial charge < -0.3 is 41.1 Å². The average Bonchev–Trinajstić information content (AvgIpc) is 2.78. The molecule has 0 atom stereocenters. The molecular formula is C21H45NO8. The third-order valence-corrected chi connectivity index (χ3v) is 4.98. The summed E-state index contributed by atoms with van der Waals surface area (Å²) in [6, 6.07) is 0. The molecule has 30 heavy (non-hydrogen) atoms. The Balaban J connectivity index is 0. The zero-order valence-electron chi connectivity index (χ0n) is 18.6. The fourth-order valence-electron chi connectivity index (χ4n) is 2.32. The first-order valence-corrected chi connectivity index (χ1v) is 10.9. The van der Waals surface area contributed by atoms with Gasteiger partial charge in [0.25, 0.3) is 0 Å². The molecule has 0 heterocycles. The van der Waals surface area contributed by atoms with E-state index in [9.17, 15) is 4.79 Å². The molecule has 0 aromatic heterocycles. The summed E-state index contributed by atoms with van der Waals surface area (Å²) in [4.78, 5) is 11.5. The van der Waals surface area contributed by atoms with Crippen LogP contribution in [0.2, 0.25) is 0 Å². The fourth-order valence-corrected chi connectivity index (χ4v) is 2.32. The van der Waals surface area contributed by atoms with Crippen molar-refractivity contribution in [2.24, 2.45) is 11.1 Å². The molecular weight excluding hydrogens is 394 g/mol. The molecule has 0 aliphatic carbocycles. The molecule has 0 amide bonds. The molecule has 0 fully saturated rings. The Labute approximate surface area is 180 Å². The second kappa shape index (κ2) is 20.1. The van der Waals surface area contributed by atoms with Crippen LogP contribution in [0.1, 0.15) is 71.1 Å². The number of carbonyl (C=O) groups is 1. The first-order chi connectivity index (χ1) is 14.3. The van der Waals surface area contributed by atoms with Crippen LogP contribution >= 0.6 is 0 Å². The lowest BCUT2D eigenvalue weighted by molar-refractivity contribution is -0.146. The smallest absolute Gasteiger partial charge is 0.305 e. The summed E-state index contributed by atoms with van der Waals surface area (Å²) in [6.07, 6.45) is 11.2. The predicted octanol–water partition coefficient (Wildman–Crippen LogP) is 0.0746. The second-order valence-corrected chi connectivity index (χ2v) is 8.05. The van der Waals surface area contributed by atoms with Crippen molar-refractivity contribution < 1.29 is 40.2 Å². The Bertz CT molecular complexity index is 370. The Kier molecular flexibility index (Phi) is 21.0. The Morgan fingerprint density at radius 3 is 1.43 bits per heavy atom. The topological polar surface area (TPSA) is 174 Å². The summed E-state index contributed by atoms with van der Waals surface area (Å²) in [5.74, 6) is -0.310. The van der Waals surface area contributed by atoms with Gasteiger partial charge in [-0.3, -0.25) is 4.79 Å². The molecule has 0 spiro atoms. The minimum Gasteiger partial charge on any atom is -0.464 e. The molecule has 8 N–H and O–H groups in total. The summed E-state index contributed by atoms with van der Waals surface area (Å²) in [5.41, 5.74) is 3.27. The van der Waals surface area contributed by atoms with E-state index in [1.807, 2.05) is 0 Å². The van der Waals surface area contributed by atoms with Crippen molar-refractivity contribution in [2.45, 2.75) is 76.7 Å². The summed E-state index contributed by atoms with van der Waals surface area (Å²) >= 11 is 0. The standard InChI is InChI=1S/C16H33NO4.C5H12O4/c1-2-3-4-5-6-7-8-9-10-11-15(20)21-14-16(17,12-18)13-19;6-1-5(2-7,3-8)4-9/h18-19H,2-14,17H2,1H3;6-9H,1-4H2. The van der Waals surface area contributed by atoms with Crippen LogP contribution in [0.25, 0.3) is 0 Å². The number of ether oxygens (including phenoxy) is 1. The van der Waals surface area contributed by atoms with Gasteiger partial charge in [0.05, 0.1) is 50.6 Å². The number of rotatable bonds is 18. The largest absolute Gasteiger partial charge is 0.464 e. The molecule has 0 aromatic carbocycles. The van der Waals surface area contributed by atoms with Gasteiger partial charge in [-0.2, -0.15) is 0 Å². The van der Waals surface area contributed by atoms with E-state index < -0.39 is 50.6 Å². The Morgan fingerprint density at radius 1 is 0.700 bits per heavy atom. The van der Waals surface area contributed by atoms with E-state index in [1.165, 1.54) is 38.5 Å². The van der Waals surface area contributed by atoms with Gasteiger partial charge in [-0.25, -0.2) is 0 Å². The SMILES string of the molecule is CCCCCCCCCCCC(=O)OCC(N)(CO)CO.OCC(CO)(CO)CO. The molecule has 0 aromatic rings. The molecule has 9 nitrogen and oxygen atoms in total. The van der Waals surface area contributed by atoms with Crippen molar-refractivity contribution in [3.05, 3.63) is 0 Å². The summed E-state index contributed by atoms with van der Waals surface area (Å²) < 4.78 is 4.98. The quantitative estimate of drug-likeness (QED) is 0.115. The molecule has 0 saturated carbocycles. The van der Waals surface area contributed by atoms with Gasteiger partial charge in [-0.15, -0.1) is 0 Å². The molecule has 0 rings (SSSR count). The number of hydrogen-bond acceptors (Lipinski definition) is 9. The van der Waals surface area contributed by atoms with Gasteiger partial charge in [0.1, 0.15) is 6.61 Å². The number of carbonyl (C=O) groups excluding carboxylic acids is 1. The number of hydrogen-bond donors (Lipinski definition) is 7. The van der Waals surface area contributed by atoms with Crippen LogP contribution in [0.15, 0.2) is 0 Å². The van der Waals surface area contributed by atoms with Crippen LogP contribution in [0.5, 0.6) is 0 Å². The summed E-state index contributed by atoms with van der Waals surface area (Å²) in [5, 5.41) is 51.9. The van der Waals surface area contributed by atoms with E-state index in [1.54, 1.807) is 0 Å². The normalized spacial score (nSPS) is 11.7. The number of nitrogens with two attached hydrogens (primary N) is 1. The Morgan fingerprint density at radius 2 is 1.10 bits per heavy atom. The summed E-state index contributed by atoms with van der Waals surface area (Å²) in [7, 11) is 0. The van der Waals surface area contributed by atoms with E-state index in [0.717, 1.165) is 19.3 Å². The van der Waals surface area contributed by atoms with E-state index in [-0.39, 0.29) is 12.6 Å². The second-order valence-electron chi connectivity index (χ2n) is 8.05. The van der Waals surface area contributed by atoms with Crippen molar-refractivity contribution in [3.8, 4) is 0 Å². The Hall–Kier alpha value is -0.810. The van der Waals surface area contributed by atoms with E-state index in [0.29, 0.717) is 6.42 Å². The highest BCUT2D eigenvalue weighted by molar-refractivity contribution is 5.69. The van der Waals surface area contributed by atoms with Crippen molar-refractivity contribution in [3.63, 3.8) is 0 Å². The number of esters is 1. The van der Waals surface area contributed by atoms with Crippen LogP contribution in [-0.2, 0) is 9.53 Å². The molecule has 0 aliphatic rings. The first-order valence-electron chi connectivity index (χ1n) is 10.9. The maximum absolute atomic E-state index is 11.5. The molecule has 0 unspecified atom stereocenters. The number of aliphatic hydroxyl groups is 6. The zero-order valence-corrected chi connectivity index (χ0v) is 18.6. The van der Waals surface area contributed by atoms with Crippen molar-refractivity contribution >= 4 is 5.97 Å². The molecule has 0 saturated heterocycles. The minimum atomic E-state index is -1.23. The molecule has 182 valence electrons. The van der Waals surface area contributed by atoms with Gasteiger partial charge in [0.2, 0.25) is 0 Å². The van der Waals surface area contributed by atoms with Crippen LogP contribution in [0, 0.1) is 5.41 Å². The third kappa shape index (κ3) is 16.0. The van der Waals surface area contributed by atoms with E-state index >= 15 is 0 Å². The maximum Gasteiger partial charge on any atom is 0.305 e.